The second kappa shape index (κ2) is 13.1. The van der Waals surface area contributed by atoms with E-state index in [0.717, 1.165) is 56.4 Å². The molecule has 0 radical (unpaired) electrons. The summed E-state index contributed by atoms with van der Waals surface area (Å²) in [6.07, 6.45) is 11.6. The highest BCUT2D eigenvalue weighted by Crippen LogP contribution is 2.27. The van der Waals surface area contributed by atoms with Crippen LogP contribution in [0.1, 0.15) is 71.1 Å². The Hall–Kier alpha value is -3.45. The second-order valence-electron chi connectivity index (χ2n) is 10.0. The Morgan fingerprint density at radius 3 is 2.18 bits per heavy atom. The highest BCUT2D eigenvalue weighted by molar-refractivity contribution is 7.89. The third-order valence-electron chi connectivity index (χ3n) is 7.10. The molecule has 2 aliphatic rings. The molecule has 2 aliphatic carbocycles. The summed E-state index contributed by atoms with van der Waals surface area (Å²) in [5.41, 5.74) is 6.24. The lowest BCUT2D eigenvalue weighted by atomic mass is 9.96. The van der Waals surface area contributed by atoms with Crippen molar-refractivity contribution in [1.82, 2.24) is 24.2 Å². The Kier molecular flexibility index (Phi) is 9.57. The number of benzene rings is 1. The van der Waals surface area contributed by atoms with Crippen LogP contribution in [-0.4, -0.2) is 51.2 Å². The van der Waals surface area contributed by atoms with Crippen molar-refractivity contribution >= 4 is 44.7 Å². The zero-order valence-electron chi connectivity index (χ0n) is 22.3. The summed E-state index contributed by atoms with van der Waals surface area (Å²) in [5, 5.41) is 14.1. The molecule has 0 aliphatic heterocycles. The molecular weight excluding hydrogens is 520 g/mol. The van der Waals surface area contributed by atoms with Gasteiger partial charge >= 0.3 is 6.09 Å². The normalized spacial score (nSPS) is 16.8. The van der Waals surface area contributed by atoms with E-state index in [0.29, 0.717) is 23.3 Å². The molecule has 0 unspecified atom stereocenters. The zero-order valence-corrected chi connectivity index (χ0v) is 23.1. The molecule has 12 nitrogen and oxygen atoms in total. The molecule has 1 amide bonds. The van der Waals surface area contributed by atoms with Crippen LogP contribution in [0, 0.1) is 0 Å². The van der Waals surface area contributed by atoms with Crippen LogP contribution in [0.3, 0.4) is 0 Å². The van der Waals surface area contributed by atoms with Crippen LogP contribution in [0.15, 0.2) is 35.5 Å². The van der Waals surface area contributed by atoms with Gasteiger partial charge in [-0.25, -0.2) is 22.9 Å². The van der Waals surface area contributed by atoms with Gasteiger partial charge in [-0.3, -0.25) is 0 Å². The number of aryl methyl sites for hydroxylation is 1. The summed E-state index contributed by atoms with van der Waals surface area (Å²) in [5.74, 6) is 1.20. The van der Waals surface area contributed by atoms with Crippen molar-refractivity contribution in [3.05, 3.63) is 30.6 Å². The minimum absolute atomic E-state index is 0.0321. The van der Waals surface area contributed by atoms with E-state index in [1.165, 1.54) is 25.7 Å². The first kappa shape index (κ1) is 28.6. The monoisotopic (exact) mass is 558 g/mol. The molecular formula is C26H38N8O4S. The number of sulfonamides is 1. The molecule has 2 aromatic heterocycles. The summed E-state index contributed by atoms with van der Waals surface area (Å²) in [4.78, 5) is 23.1. The third-order valence-corrected chi connectivity index (χ3v) is 8.63. The largest absolute Gasteiger partial charge is 0.465 e. The number of primary amides is 1. The summed E-state index contributed by atoms with van der Waals surface area (Å²) >= 11 is 0. The minimum atomic E-state index is -3.54. The number of rotatable bonds is 8. The Bertz CT molecular complexity index is 1340. The molecule has 0 spiro atoms. The maximum atomic E-state index is 12.8. The first-order valence-corrected chi connectivity index (χ1v) is 15.1. The SMILES string of the molecule is CCn1cnc2c(Nc3ccc(S(=O)(=O)NC4CCCCC4)cc3)nc(NC3CCCCC3)nc21.NC(=O)O. The minimum Gasteiger partial charge on any atom is -0.465 e. The van der Waals surface area contributed by atoms with E-state index in [2.05, 4.69) is 33.0 Å². The Morgan fingerprint density at radius 2 is 1.59 bits per heavy atom. The number of carbonyl (C=O) groups is 1. The van der Waals surface area contributed by atoms with E-state index in [1.807, 2.05) is 4.57 Å². The number of fused-ring (bicyclic) bond motifs is 1. The van der Waals surface area contributed by atoms with E-state index < -0.39 is 16.1 Å². The van der Waals surface area contributed by atoms with Gasteiger partial charge in [-0.1, -0.05) is 38.5 Å². The smallest absolute Gasteiger partial charge is 0.402 e. The molecule has 6 N–H and O–H groups in total. The highest BCUT2D eigenvalue weighted by Gasteiger charge is 2.22. The number of hydrogen-bond donors (Lipinski definition) is 5. The van der Waals surface area contributed by atoms with Crippen molar-refractivity contribution in [1.29, 1.82) is 0 Å². The van der Waals surface area contributed by atoms with Crippen LogP contribution in [-0.2, 0) is 16.6 Å². The van der Waals surface area contributed by atoms with Crippen molar-refractivity contribution in [3.8, 4) is 0 Å². The molecule has 0 saturated heterocycles. The van der Waals surface area contributed by atoms with Crippen molar-refractivity contribution in [2.24, 2.45) is 5.73 Å². The molecule has 0 atom stereocenters. The predicted molar refractivity (Wildman–Crippen MR) is 151 cm³/mol. The molecule has 1 aromatic carbocycles. The van der Waals surface area contributed by atoms with E-state index in [9.17, 15) is 8.42 Å². The quantitative estimate of drug-likeness (QED) is 0.265. The van der Waals surface area contributed by atoms with Gasteiger partial charge in [0.2, 0.25) is 16.0 Å². The lowest BCUT2D eigenvalue weighted by Crippen LogP contribution is -2.36. The van der Waals surface area contributed by atoms with Gasteiger partial charge in [0.25, 0.3) is 0 Å². The average Bonchev–Trinajstić information content (AvgIpc) is 3.33. The fourth-order valence-electron chi connectivity index (χ4n) is 5.12. The number of aromatic nitrogens is 4. The van der Waals surface area contributed by atoms with Crippen LogP contribution in [0.2, 0.25) is 0 Å². The van der Waals surface area contributed by atoms with Gasteiger partial charge in [0.05, 0.1) is 11.2 Å². The second-order valence-corrected chi connectivity index (χ2v) is 11.7. The molecule has 3 aromatic rings. The van der Waals surface area contributed by atoms with Gasteiger partial charge in [0, 0.05) is 24.3 Å². The maximum Gasteiger partial charge on any atom is 0.402 e. The summed E-state index contributed by atoms with van der Waals surface area (Å²) in [6, 6.07) is 7.23. The Morgan fingerprint density at radius 1 is 1.00 bits per heavy atom. The van der Waals surface area contributed by atoms with Crippen molar-refractivity contribution in [3.63, 3.8) is 0 Å². The standard InChI is InChI=1S/C25H35N7O2S.CH3NO2/c1-2-32-17-26-22-23(29-25(30-24(22)32)28-18-9-5-3-6-10-18)27-19-13-15-21(16-14-19)35(33,34)31-20-11-7-4-8-12-20;2-1(3)4/h13-18,20,31H,2-12H2,1H3,(H2,27,28,29,30);2H2,(H,3,4). The molecule has 2 fully saturated rings. The number of nitrogens with zero attached hydrogens (tertiary/aromatic N) is 4. The van der Waals surface area contributed by atoms with Gasteiger partial charge < -0.3 is 26.0 Å². The van der Waals surface area contributed by atoms with Gasteiger partial charge in [-0.2, -0.15) is 9.97 Å². The van der Waals surface area contributed by atoms with E-state index >= 15 is 0 Å². The van der Waals surface area contributed by atoms with Crippen molar-refractivity contribution < 1.29 is 18.3 Å². The first-order chi connectivity index (χ1) is 18.7. The van der Waals surface area contributed by atoms with Crippen molar-refractivity contribution in [2.75, 3.05) is 10.6 Å². The molecule has 2 saturated carbocycles. The predicted octanol–water partition coefficient (Wildman–Crippen LogP) is 4.57. The number of hydrogen-bond acceptors (Lipinski definition) is 8. The fraction of sp³-hybridized carbons (Fsp3) is 0.538. The lowest BCUT2D eigenvalue weighted by Gasteiger charge is -2.23. The van der Waals surface area contributed by atoms with Crippen LogP contribution in [0.4, 0.5) is 22.2 Å². The summed E-state index contributed by atoms with van der Waals surface area (Å²) < 4.78 is 30.6. The zero-order chi connectivity index (χ0) is 27.8. The molecule has 39 heavy (non-hydrogen) atoms. The molecule has 13 heteroatoms. The number of anilines is 3. The fourth-order valence-corrected chi connectivity index (χ4v) is 6.42. The van der Waals surface area contributed by atoms with Crippen LogP contribution in [0.5, 0.6) is 0 Å². The Balaban J connectivity index is 0.000000826. The number of nitrogens with one attached hydrogen (secondary N) is 3. The molecule has 0 bridgehead atoms. The summed E-state index contributed by atoms with van der Waals surface area (Å²) in [6.45, 7) is 2.82. The number of carboxylic acid groups (broad SMARTS) is 1. The van der Waals surface area contributed by atoms with Gasteiger partial charge in [-0.05, 0) is 56.9 Å². The topological polar surface area (TPSA) is 177 Å². The maximum absolute atomic E-state index is 12.8. The van der Waals surface area contributed by atoms with E-state index in [4.69, 9.17) is 19.9 Å². The van der Waals surface area contributed by atoms with Crippen LogP contribution in [0.25, 0.3) is 11.2 Å². The van der Waals surface area contributed by atoms with Crippen molar-refractivity contribution in [2.45, 2.75) is 94.7 Å². The number of nitrogens with two attached hydrogens (primary N) is 1. The Labute approximate surface area is 228 Å². The van der Waals surface area contributed by atoms with Crippen LogP contribution >= 0.6 is 0 Å². The van der Waals surface area contributed by atoms with Crippen LogP contribution < -0.4 is 21.1 Å². The third kappa shape index (κ3) is 7.79. The first-order valence-electron chi connectivity index (χ1n) is 13.6. The molecule has 212 valence electrons. The molecule has 5 rings (SSSR count). The highest BCUT2D eigenvalue weighted by atomic mass is 32.2. The van der Waals surface area contributed by atoms with Gasteiger partial charge in [-0.15, -0.1) is 0 Å². The van der Waals surface area contributed by atoms with Gasteiger partial charge in [0.15, 0.2) is 17.0 Å². The van der Waals surface area contributed by atoms with Gasteiger partial charge in [0.1, 0.15) is 0 Å². The lowest BCUT2D eigenvalue weighted by molar-refractivity contribution is 0.205. The van der Waals surface area contributed by atoms with E-state index in [1.54, 1.807) is 30.6 Å². The molecule has 2 heterocycles. The van der Waals surface area contributed by atoms with E-state index in [-0.39, 0.29) is 10.9 Å². The summed E-state index contributed by atoms with van der Waals surface area (Å²) in [7, 11) is -3.54. The number of imidazole rings is 1. The average molecular weight is 559 g/mol. The number of amides is 1.